The summed E-state index contributed by atoms with van der Waals surface area (Å²) in [4.78, 5) is 17.1. The number of amides is 1. The Balaban J connectivity index is 1.47. The molecule has 0 saturated carbocycles. The number of hydrogen-bond donors (Lipinski definition) is 1. The molecule has 0 fully saturated rings. The monoisotopic (exact) mass is 422 g/mol. The van der Waals surface area contributed by atoms with E-state index in [0.717, 1.165) is 5.39 Å². The molecule has 5 rings (SSSR count). The summed E-state index contributed by atoms with van der Waals surface area (Å²) < 4.78 is 11.4. The number of hydrogen-bond acceptors (Lipinski definition) is 4. The standard InChI is InChI=1S/C22H12Cl2N2O3/c23-14-6-8-19-17(11-14)26-22(29-19)13-5-7-15(24)16(9-13)25-21(27)20-10-12-3-1-2-4-18(12)28-20/h1-11H,(H,25,27). The lowest BCUT2D eigenvalue weighted by Gasteiger charge is -2.07. The third-order valence-electron chi connectivity index (χ3n) is 4.46. The van der Waals surface area contributed by atoms with Crippen LogP contribution >= 0.6 is 23.2 Å². The summed E-state index contributed by atoms with van der Waals surface area (Å²) >= 11 is 12.3. The van der Waals surface area contributed by atoms with Crippen LogP contribution in [0.1, 0.15) is 10.6 Å². The fourth-order valence-corrected chi connectivity index (χ4v) is 3.39. The minimum Gasteiger partial charge on any atom is -0.451 e. The molecule has 5 aromatic rings. The maximum Gasteiger partial charge on any atom is 0.291 e. The molecule has 1 amide bonds. The van der Waals surface area contributed by atoms with Crippen LogP contribution in [0, 0.1) is 0 Å². The van der Waals surface area contributed by atoms with Crippen molar-refractivity contribution in [2.24, 2.45) is 0 Å². The lowest BCUT2D eigenvalue weighted by atomic mass is 10.2. The number of nitrogens with one attached hydrogen (secondary N) is 1. The van der Waals surface area contributed by atoms with Crippen LogP contribution in [0.3, 0.4) is 0 Å². The molecule has 29 heavy (non-hydrogen) atoms. The highest BCUT2D eigenvalue weighted by Crippen LogP contribution is 2.31. The molecule has 2 aromatic heterocycles. The molecule has 3 aromatic carbocycles. The lowest BCUT2D eigenvalue weighted by molar-refractivity contribution is 0.0998. The van der Waals surface area contributed by atoms with Gasteiger partial charge in [-0.3, -0.25) is 4.79 Å². The van der Waals surface area contributed by atoms with Crippen molar-refractivity contribution >= 4 is 56.9 Å². The fraction of sp³-hybridized carbons (Fsp3) is 0. The number of fused-ring (bicyclic) bond motifs is 2. The Labute approximate surface area is 174 Å². The second kappa shape index (κ2) is 6.95. The maximum atomic E-state index is 12.6. The summed E-state index contributed by atoms with van der Waals surface area (Å²) in [6, 6.07) is 19.5. The van der Waals surface area contributed by atoms with Gasteiger partial charge in [0.25, 0.3) is 5.91 Å². The van der Waals surface area contributed by atoms with E-state index in [-0.39, 0.29) is 5.76 Å². The normalized spacial score (nSPS) is 11.2. The van der Waals surface area contributed by atoms with Crippen molar-refractivity contribution < 1.29 is 13.6 Å². The smallest absolute Gasteiger partial charge is 0.291 e. The van der Waals surface area contributed by atoms with Crippen molar-refractivity contribution in [3.8, 4) is 11.5 Å². The van der Waals surface area contributed by atoms with Gasteiger partial charge in [-0.2, -0.15) is 0 Å². The summed E-state index contributed by atoms with van der Waals surface area (Å²) in [6.45, 7) is 0. The Bertz CT molecular complexity index is 1350. The number of anilines is 1. The largest absolute Gasteiger partial charge is 0.451 e. The van der Waals surface area contributed by atoms with Gasteiger partial charge in [-0.05, 0) is 48.5 Å². The van der Waals surface area contributed by atoms with Crippen LogP contribution in [0.2, 0.25) is 10.0 Å². The quantitative estimate of drug-likeness (QED) is 0.347. The topological polar surface area (TPSA) is 68.3 Å². The molecule has 2 heterocycles. The van der Waals surface area contributed by atoms with Crippen LogP contribution in [-0.4, -0.2) is 10.9 Å². The predicted octanol–water partition coefficient (Wildman–Crippen LogP) is 6.80. The first-order valence-electron chi connectivity index (χ1n) is 8.73. The SMILES string of the molecule is O=C(Nc1cc(-c2nc3cc(Cl)ccc3o2)ccc1Cl)c1cc2ccccc2o1. The molecular weight excluding hydrogens is 411 g/mol. The number of nitrogens with zero attached hydrogens (tertiary/aromatic N) is 1. The first-order valence-corrected chi connectivity index (χ1v) is 9.48. The Morgan fingerprint density at radius 2 is 1.76 bits per heavy atom. The molecule has 0 unspecified atom stereocenters. The first-order chi connectivity index (χ1) is 14.1. The van der Waals surface area contributed by atoms with Crippen LogP contribution in [0.5, 0.6) is 0 Å². The summed E-state index contributed by atoms with van der Waals surface area (Å²) in [5, 5.41) is 4.60. The van der Waals surface area contributed by atoms with Crippen molar-refractivity contribution in [2.75, 3.05) is 5.32 Å². The van der Waals surface area contributed by atoms with E-state index in [2.05, 4.69) is 10.3 Å². The van der Waals surface area contributed by atoms with Gasteiger partial charge in [-0.1, -0.05) is 41.4 Å². The van der Waals surface area contributed by atoms with Crippen molar-refractivity contribution in [1.29, 1.82) is 0 Å². The number of carbonyl (C=O) groups is 1. The molecule has 0 radical (unpaired) electrons. The van der Waals surface area contributed by atoms with Crippen LogP contribution in [0.4, 0.5) is 5.69 Å². The Morgan fingerprint density at radius 1 is 0.897 bits per heavy atom. The number of rotatable bonds is 3. The molecule has 7 heteroatoms. The molecule has 1 N–H and O–H groups in total. The number of para-hydroxylation sites is 1. The van der Waals surface area contributed by atoms with Crippen LogP contribution in [0.25, 0.3) is 33.5 Å². The molecule has 142 valence electrons. The van der Waals surface area contributed by atoms with Crippen LogP contribution in [-0.2, 0) is 0 Å². The van der Waals surface area contributed by atoms with E-state index in [1.807, 2.05) is 18.2 Å². The van der Waals surface area contributed by atoms with Gasteiger partial charge in [-0.25, -0.2) is 4.98 Å². The molecule has 0 spiro atoms. The maximum absolute atomic E-state index is 12.6. The van der Waals surface area contributed by atoms with E-state index >= 15 is 0 Å². The van der Waals surface area contributed by atoms with E-state index in [9.17, 15) is 4.79 Å². The van der Waals surface area contributed by atoms with Gasteiger partial charge in [0.2, 0.25) is 5.89 Å². The Hall–Kier alpha value is -3.28. The van der Waals surface area contributed by atoms with Gasteiger partial charge < -0.3 is 14.2 Å². The highest BCUT2D eigenvalue weighted by molar-refractivity contribution is 6.34. The van der Waals surface area contributed by atoms with Gasteiger partial charge in [0, 0.05) is 16.0 Å². The minimum atomic E-state index is -0.399. The zero-order chi connectivity index (χ0) is 20.0. The molecule has 0 saturated heterocycles. The van der Waals surface area contributed by atoms with Crippen LogP contribution in [0.15, 0.2) is 75.6 Å². The predicted molar refractivity (Wildman–Crippen MR) is 114 cm³/mol. The second-order valence-corrected chi connectivity index (χ2v) is 7.27. The summed E-state index contributed by atoms with van der Waals surface area (Å²) in [5.74, 6) is 0.201. The minimum absolute atomic E-state index is 0.198. The number of furan rings is 1. The van der Waals surface area contributed by atoms with E-state index < -0.39 is 5.91 Å². The van der Waals surface area contributed by atoms with Crippen molar-refractivity contribution in [3.05, 3.63) is 82.5 Å². The van der Waals surface area contributed by atoms with Crippen molar-refractivity contribution in [3.63, 3.8) is 0 Å². The van der Waals surface area contributed by atoms with Gasteiger partial charge in [0.05, 0.1) is 10.7 Å². The molecular formula is C22H12Cl2N2O3. The fourth-order valence-electron chi connectivity index (χ4n) is 3.06. The van der Waals surface area contributed by atoms with Crippen LogP contribution < -0.4 is 5.32 Å². The third-order valence-corrected chi connectivity index (χ3v) is 5.03. The summed E-state index contributed by atoms with van der Waals surface area (Å²) in [7, 11) is 0. The number of halogens is 2. The molecule has 0 atom stereocenters. The van der Waals surface area contributed by atoms with Crippen molar-refractivity contribution in [2.45, 2.75) is 0 Å². The second-order valence-electron chi connectivity index (χ2n) is 6.43. The number of carbonyl (C=O) groups excluding carboxylic acids is 1. The Kier molecular flexibility index (Phi) is 4.27. The van der Waals surface area contributed by atoms with Gasteiger partial charge in [0.1, 0.15) is 11.1 Å². The van der Waals surface area contributed by atoms with E-state index in [4.69, 9.17) is 32.0 Å². The average molecular weight is 423 g/mol. The number of aromatic nitrogens is 1. The van der Waals surface area contributed by atoms with E-state index in [0.29, 0.717) is 43.9 Å². The van der Waals surface area contributed by atoms with Gasteiger partial charge in [-0.15, -0.1) is 0 Å². The van der Waals surface area contributed by atoms with Gasteiger partial charge in [0.15, 0.2) is 11.3 Å². The number of oxazole rings is 1. The highest BCUT2D eigenvalue weighted by Gasteiger charge is 2.16. The Morgan fingerprint density at radius 3 is 2.62 bits per heavy atom. The zero-order valence-electron chi connectivity index (χ0n) is 14.8. The molecule has 0 bridgehead atoms. The van der Waals surface area contributed by atoms with Crippen molar-refractivity contribution in [1.82, 2.24) is 4.98 Å². The molecule has 5 nitrogen and oxygen atoms in total. The summed E-state index contributed by atoms with van der Waals surface area (Å²) in [5.41, 5.74) is 3.00. The molecule has 0 aliphatic rings. The summed E-state index contributed by atoms with van der Waals surface area (Å²) in [6.07, 6.45) is 0. The zero-order valence-corrected chi connectivity index (χ0v) is 16.3. The van der Waals surface area contributed by atoms with E-state index in [1.165, 1.54) is 0 Å². The molecule has 0 aliphatic heterocycles. The lowest BCUT2D eigenvalue weighted by Crippen LogP contribution is -2.11. The average Bonchev–Trinajstić information content (AvgIpc) is 3.33. The first kappa shape index (κ1) is 17.8. The van der Waals surface area contributed by atoms with E-state index in [1.54, 1.807) is 48.5 Å². The molecule has 0 aliphatic carbocycles. The number of benzene rings is 3. The van der Waals surface area contributed by atoms with Gasteiger partial charge >= 0.3 is 0 Å². The highest BCUT2D eigenvalue weighted by atomic mass is 35.5. The third kappa shape index (κ3) is 3.35.